The lowest BCUT2D eigenvalue weighted by Crippen LogP contribution is -2.37. The quantitative estimate of drug-likeness (QED) is 0.814. The topological polar surface area (TPSA) is 55.8 Å². The molecule has 0 aliphatic heterocycles. The molecule has 3 rings (SSSR count). The largest absolute Gasteiger partial charge is 0.493 e. The summed E-state index contributed by atoms with van der Waals surface area (Å²) in [7, 11) is 1.57. The first kappa shape index (κ1) is 17.4. The summed E-state index contributed by atoms with van der Waals surface area (Å²) >= 11 is 6.48. The lowest BCUT2D eigenvalue weighted by atomic mass is 9.69. The Hall–Kier alpha value is -1.42. The van der Waals surface area contributed by atoms with Crippen LogP contribution in [0.15, 0.2) is 12.1 Å². The number of benzene rings is 1. The van der Waals surface area contributed by atoms with Gasteiger partial charge in [-0.3, -0.25) is 4.79 Å². The maximum absolute atomic E-state index is 12.0. The Labute approximate surface area is 148 Å². The van der Waals surface area contributed by atoms with Crippen LogP contribution < -0.4 is 9.47 Å². The van der Waals surface area contributed by atoms with E-state index in [4.69, 9.17) is 21.1 Å². The molecule has 0 aromatic heterocycles. The number of carboxylic acid groups (broad SMARTS) is 1. The van der Waals surface area contributed by atoms with Crippen LogP contribution >= 0.6 is 11.6 Å². The van der Waals surface area contributed by atoms with Gasteiger partial charge in [-0.25, -0.2) is 0 Å². The maximum Gasteiger partial charge on any atom is 0.314 e. The molecule has 2 saturated carbocycles. The Kier molecular flexibility index (Phi) is 5.24. The van der Waals surface area contributed by atoms with Gasteiger partial charge in [0, 0.05) is 0 Å². The van der Waals surface area contributed by atoms with Crippen molar-refractivity contribution in [2.75, 3.05) is 7.11 Å². The molecule has 2 fully saturated rings. The molecule has 2 aliphatic carbocycles. The van der Waals surface area contributed by atoms with Crippen LogP contribution in [0.4, 0.5) is 0 Å². The first-order valence-electron chi connectivity index (χ1n) is 8.85. The van der Waals surface area contributed by atoms with Crippen LogP contribution in [0.1, 0.15) is 63.4 Å². The predicted octanol–water partition coefficient (Wildman–Crippen LogP) is 4.96. The average Bonchev–Trinajstić information content (AvgIpc) is 3.10. The summed E-state index contributed by atoms with van der Waals surface area (Å²) < 4.78 is 11.5. The molecule has 0 heterocycles. The minimum Gasteiger partial charge on any atom is -0.493 e. The van der Waals surface area contributed by atoms with Crippen LogP contribution in [-0.4, -0.2) is 24.3 Å². The highest BCUT2D eigenvalue weighted by Gasteiger charge is 2.42. The van der Waals surface area contributed by atoms with Crippen molar-refractivity contribution in [3.05, 3.63) is 22.7 Å². The first-order valence-corrected chi connectivity index (χ1v) is 9.23. The van der Waals surface area contributed by atoms with Gasteiger partial charge in [0.15, 0.2) is 11.5 Å². The van der Waals surface area contributed by atoms with E-state index in [1.54, 1.807) is 13.2 Å². The normalized spacial score (nSPS) is 20.8. The summed E-state index contributed by atoms with van der Waals surface area (Å²) in [5.74, 6) is 0.312. The number of carboxylic acids is 1. The van der Waals surface area contributed by atoms with Crippen LogP contribution in [0, 0.1) is 0 Å². The summed E-state index contributed by atoms with van der Waals surface area (Å²) in [6.45, 7) is 0. The molecule has 0 atom stereocenters. The molecule has 0 saturated heterocycles. The zero-order valence-corrected chi connectivity index (χ0v) is 14.9. The van der Waals surface area contributed by atoms with E-state index in [0.717, 1.165) is 37.7 Å². The third-order valence-corrected chi connectivity index (χ3v) is 5.77. The minimum absolute atomic E-state index is 0.172. The van der Waals surface area contributed by atoms with Gasteiger partial charge in [-0.15, -0.1) is 0 Å². The lowest BCUT2D eigenvalue weighted by Gasteiger charge is -2.34. The molecule has 0 bridgehead atoms. The highest BCUT2D eigenvalue weighted by molar-refractivity contribution is 6.32. The second-order valence-electron chi connectivity index (χ2n) is 6.96. The summed E-state index contributed by atoms with van der Waals surface area (Å²) in [5.41, 5.74) is -0.128. The van der Waals surface area contributed by atoms with E-state index >= 15 is 0 Å². The Balaban J connectivity index is 1.97. The second-order valence-corrected chi connectivity index (χ2v) is 7.37. The molecule has 0 amide bonds. The fraction of sp³-hybridized carbons (Fsp3) is 0.632. The molecule has 1 aromatic carbocycles. The molecule has 1 aromatic rings. The molecule has 0 spiro atoms. The molecular formula is C19H25ClO4. The second kappa shape index (κ2) is 7.22. The Morgan fingerprint density at radius 1 is 1.17 bits per heavy atom. The Morgan fingerprint density at radius 2 is 1.83 bits per heavy atom. The first-order chi connectivity index (χ1) is 11.6. The van der Waals surface area contributed by atoms with E-state index in [-0.39, 0.29) is 6.10 Å². The van der Waals surface area contributed by atoms with Gasteiger partial charge in [0.05, 0.1) is 23.7 Å². The third kappa shape index (κ3) is 3.21. The summed E-state index contributed by atoms with van der Waals surface area (Å²) in [6.07, 6.45) is 8.79. The SMILES string of the molecule is COc1cc(C2(C(=O)O)CCCCC2)cc(Cl)c1OC1CCCC1. The molecule has 132 valence electrons. The van der Waals surface area contributed by atoms with Gasteiger partial charge >= 0.3 is 5.97 Å². The van der Waals surface area contributed by atoms with Gasteiger partial charge < -0.3 is 14.6 Å². The van der Waals surface area contributed by atoms with Crippen LogP contribution in [0.5, 0.6) is 11.5 Å². The van der Waals surface area contributed by atoms with Crippen LogP contribution in [0.2, 0.25) is 5.02 Å². The third-order valence-electron chi connectivity index (χ3n) is 5.49. The smallest absolute Gasteiger partial charge is 0.314 e. The van der Waals surface area contributed by atoms with Crippen molar-refractivity contribution in [1.82, 2.24) is 0 Å². The average molecular weight is 353 g/mol. The summed E-state index contributed by atoms with van der Waals surface area (Å²) in [4.78, 5) is 12.0. The van der Waals surface area contributed by atoms with Gasteiger partial charge in [-0.05, 0) is 56.2 Å². The van der Waals surface area contributed by atoms with Crippen molar-refractivity contribution in [1.29, 1.82) is 0 Å². The van der Waals surface area contributed by atoms with Crippen LogP contribution in [0.25, 0.3) is 0 Å². The molecule has 1 N–H and O–H groups in total. The predicted molar refractivity (Wildman–Crippen MR) is 93.3 cm³/mol. The number of methoxy groups -OCH3 is 1. The monoisotopic (exact) mass is 352 g/mol. The number of hydrogen-bond donors (Lipinski definition) is 1. The molecule has 0 unspecified atom stereocenters. The van der Waals surface area contributed by atoms with Gasteiger partial charge in [-0.1, -0.05) is 30.9 Å². The van der Waals surface area contributed by atoms with Crippen molar-refractivity contribution in [2.45, 2.75) is 69.3 Å². The molecule has 0 radical (unpaired) electrons. The van der Waals surface area contributed by atoms with E-state index in [0.29, 0.717) is 29.4 Å². The fourth-order valence-electron chi connectivity index (χ4n) is 4.06. The molecule has 4 nitrogen and oxygen atoms in total. The zero-order chi connectivity index (χ0) is 17.2. The Bertz CT molecular complexity index is 602. The summed E-state index contributed by atoms with van der Waals surface area (Å²) in [6, 6.07) is 3.59. The van der Waals surface area contributed by atoms with Crippen molar-refractivity contribution >= 4 is 17.6 Å². The number of halogens is 1. The van der Waals surface area contributed by atoms with Crippen molar-refractivity contribution < 1.29 is 19.4 Å². The van der Waals surface area contributed by atoms with Crippen molar-refractivity contribution in [3.8, 4) is 11.5 Å². The van der Waals surface area contributed by atoms with Crippen LogP contribution in [0.3, 0.4) is 0 Å². The van der Waals surface area contributed by atoms with E-state index in [1.165, 1.54) is 12.8 Å². The lowest BCUT2D eigenvalue weighted by molar-refractivity contribution is -0.145. The van der Waals surface area contributed by atoms with E-state index in [9.17, 15) is 9.90 Å². The van der Waals surface area contributed by atoms with Crippen molar-refractivity contribution in [2.24, 2.45) is 0 Å². The fourth-order valence-corrected chi connectivity index (χ4v) is 4.32. The highest BCUT2D eigenvalue weighted by atomic mass is 35.5. The molecule has 5 heteroatoms. The van der Waals surface area contributed by atoms with Crippen LogP contribution in [-0.2, 0) is 10.2 Å². The van der Waals surface area contributed by atoms with Gasteiger partial charge in [-0.2, -0.15) is 0 Å². The van der Waals surface area contributed by atoms with Gasteiger partial charge in [0.1, 0.15) is 0 Å². The van der Waals surface area contributed by atoms with E-state index < -0.39 is 11.4 Å². The Morgan fingerprint density at radius 3 is 2.42 bits per heavy atom. The van der Waals surface area contributed by atoms with Gasteiger partial charge in [0.2, 0.25) is 0 Å². The number of aliphatic carboxylic acids is 1. The standard InChI is InChI=1S/C19H25ClO4/c1-23-16-12-13(19(18(21)22)9-5-2-6-10-19)11-15(20)17(16)24-14-7-3-4-8-14/h11-12,14H,2-10H2,1H3,(H,21,22). The number of hydrogen-bond acceptors (Lipinski definition) is 3. The highest BCUT2D eigenvalue weighted by Crippen LogP contribution is 2.46. The molecule has 24 heavy (non-hydrogen) atoms. The van der Waals surface area contributed by atoms with E-state index in [2.05, 4.69) is 0 Å². The van der Waals surface area contributed by atoms with Gasteiger partial charge in [0.25, 0.3) is 0 Å². The maximum atomic E-state index is 12.0. The van der Waals surface area contributed by atoms with E-state index in [1.807, 2.05) is 6.07 Å². The number of ether oxygens (including phenoxy) is 2. The van der Waals surface area contributed by atoms with Crippen molar-refractivity contribution in [3.63, 3.8) is 0 Å². The number of rotatable bonds is 5. The minimum atomic E-state index is -0.860. The zero-order valence-electron chi connectivity index (χ0n) is 14.1. The number of carbonyl (C=O) groups is 1. The summed E-state index contributed by atoms with van der Waals surface area (Å²) in [5, 5.41) is 10.3. The molecule has 2 aliphatic rings. The molecular weight excluding hydrogens is 328 g/mol.